The van der Waals surface area contributed by atoms with Gasteiger partial charge in [0.25, 0.3) is 0 Å². The van der Waals surface area contributed by atoms with E-state index in [1.807, 2.05) is 24.3 Å². The highest BCUT2D eigenvalue weighted by Crippen LogP contribution is 2.39. The molecule has 0 saturated carbocycles. The molecule has 1 atom stereocenters. The first-order chi connectivity index (χ1) is 9.58. The topological polar surface area (TPSA) is 18.5 Å². The second kappa shape index (κ2) is 6.19. The van der Waals surface area contributed by atoms with Crippen LogP contribution in [0.25, 0.3) is 0 Å². The van der Waals surface area contributed by atoms with Gasteiger partial charge in [-0.3, -0.25) is 0 Å². The molecule has 0 aromatic heterocycles. The van der Waals surface area contributed by atoms with Crippen molar-refractivity contribution < 1.29 is 9.47 Å². The molecule has 0 N–H and O–H groups in total. The van der Waals surface area contributed by atoms with Gasteiger partial charge in [0.1, 0.15) is 11.5 Å². The lowest BCUT2D eigenvalue weighted by Gasteiger charge is -2.19. The third-order valence-electron chi connectivity index (χ3n) is 3.51. The summed E-state index contributed by atoms with van der Waals surface area (Å²) in [6.45, 7) is 4.15. The van der Waals surface area contributed by atoms with Gasteiger partial charge in [0.2, 0.25) is 0 Å². The molecule has 0 saturated heterocycles. The molecular formula is C17H19ClO2. The van der Waals surface area contributed by atoms with Gasteiger partial charge in [0, 0.05) is 11.6 Å². The van der Waals surface area contributed by atoms with Crippen molar-refractivity contribution in [1.82, 2.24) is 0 Å². The Labute approximate surface area is 125 Å². The molecule has 106 valence electrons. The predicted octanol–water partition coefficient (Wildman–Crippen LogP) is 4.65. The quantitative estimate of drug-likeness (QED) is 0.763. The van der Waals surface area contributed by atoms with Crippen LogP contribution in [0, 0.1) is 13.8 Å². The van der Waals surface area contributed by atoms with E-state index < -0.39 is 0 Å². The molecule has 0 amide bonds. The Hall–Kier alpha value is -1.67. The molecule has 0 aliphatic rings. The first kappa shape index (κ1) is 14.7. The number of aryl methyl sites for hydroxylation is 2. The van der Waals surface area contributed by atoms with Crippen molar-refractivity contribution in [1.29, 1.82) is 0 Å². The van der Waals surface area contributed by atoms with Crippen molar-refractivity contribution in [3.63, 3.8) is 0 Å². The van der Waals surface area contributed by atoms with E-state index in [2.05, 4.69) is 26.0 Å². The lowest BCUT2D eigenvalue weighted by atomic mass is 9.95. The average molecular weight is 291 g/mol. The third kappa shape index (κ3) is 2.75. The number of benzene rings is 2. The maximum Gasteiger partial charge on any atom is 0.127 e. The van der Waals surface area contributed by atoms with Gasteiger partial charge in [-0.1, -0.05) is 18.2 Å². The smallest absolute Gasteiger partial charge is 0.127 e. The highest BCUT2D eigenvalue weighted by atomic mass is 35.5. The SMILES string of the molecule is COc1ccc(C(Cl)c2c(C)cccc2C)c(OC)c1. The summed E-state index contributed by atoms with van der Waals surface area (Å²) in [4.78, 5) is 0. The van der Waals surface area contributed by atoms with Crippen LogP contribution in [0.5, 0.6) is 11.5 Å². The Kier molecular flexibility index (Phi) is 4.56. The number of hydrogen-bond donors (Lipinski definition) is 0. The summed E-state index contributed by atoms with van der Waals surface area (Å²) in [5, 5.41) is -0.239. The first-order valence-corrected chi connectivity index (χ1v) is 6.94. The van der Waals surface area contributed by atoms with Gasteiger partial charge < -0.3 is 9.47 Å². The van der Waals surface area contributed by atoms with Crippen molar-refractivity contribution in [2.75, 3.05) is 14.2 Å². The van der Waals surface area contributed by atoms with Crippen molar-refractivity contribution in [3.05, 3.63) is 58.7 Å². The molecule has 2 nitrogen and oxygen atoms in total. The Morgan fingerprint density at radius 2 is 1.60 bits per heavy atom. The zero-order valence-electron chi connectivity index (χ0n) is 12.2. The fourth-order valence-corrected chi connectivity index (χ4v) is 2.93. The molecule has 2 aromatic rings. The summed E-state index contributed by atoms with van der Waals surface area (Å²) in [5.41, 5.74) is 4.45. The number of hydrogen-bond acceptors (Lipinski definition) is 2. The van der Waals surface area contributed by atoms with Crippen LogP contribution < -0.4 is 9.47 Å². The minimum Gasteiger partial charge on any atom is -0.497 e. The first-order valence-electron chi connectivity index (χ1n) is 6.50. The average Bonchev–Trinajstić information content (AvgIpc) is 2.46. The molecule has 0 bridgehead atoms. The van der Waals surface area contributed by atoms with Crippen LogP contribution in [-0.4, -0.2) is 14.2 Å². The minimum atomic E-state index is -0.239. The largest absolute Gasteiger partial charge is 0.497 e. The number of ether oxygens (including phenoxy) is 2. The van der Waals surface area contributed by atoms with E-state index in [-0.39, 0.29) is 5.38 Å². The molecule has 0 spiro atoms. The molecule has 0 aliphatic carbocycles. The lowest BCUT2D eigenvalue weighted by molar-refractivity contribution is 0.391. The second-order valence-corrected chi connectivity index (χ2v) is 5.21. The van der Waals surface area contributed by atoms with E-state index in [1.54, 1.807) is 14.2 Å². The van der Waals surface area contributed by atoms with Crippen molar-refractivity contribution in [3.8, 4) is 11.5 Å². The van der Waals surface area contributed by atoms with Gasteiger partial charge in [-0.2, -0.15) is 0 Å². The van der Waals surface area contributed by atoms with Gasteiger partial charge in [0.05, 0.1) is 19.6 Å². The fraction of sp³-hybridized carbons (Fsp3) is 0.294. The van der Waals surface area contributed by atoms with Gasteiger partial charge in [-0.15, -0.1) is 11.6 Å². The predicted molar refractivity (Wildman–Crippen MR) is 83.2 cm³/mol. The van der Waals surface area contributed by atoms with Gasteiger partial charge in [-0.05, 0) is 42.7 Å². The molecule has 2 rings (SSSR count). The van der Waals surface area contributed by atoms with Gasteiger partial charge in [-0.25, -0.2) is 0 Å². The molecule has 0 aliphatic heterocycles. The highest BCUT2D eigenvalue weighted by molar-refractivity contribution is 6.23. The standard InChI is InChI=1S/C17H19ClO2/c1-11-6-5-7-12(2)16(11)17(18)14-9-8-13(19-3)10-15(14)20-4/h5-10,17H,1-4H3. The molecule has 2 aromatic carbocycles. The third-order valence-corrected chi connectivity index (χ3v) is 3.96. The Morgan fingerprint density at radius 3 is 2.15 bits per heavy atom. The van der Waals surface area contributed by atoms with Gasteiger partial charge in [0.15, 0.2) is 0 Å². The Balaban J connectivity index is 2.50. The van der Waals surface area contributed by atoms with Crippen molar-refractivity contribution in [2.45, 2.75) is 19.2 Å². The van der Waals surface area contributed by atoms with E-state index >= 15 is 0 Å². The number of rotatable bonds is 4. The Morgan fingerprint density at radius 1 is 0.950 bits per heavy atom. The van der Waals surface area contributed by atoms with Crippen molar-refractivity contribution in [2.24, 2.45) is 0 Å². The maximum atomic E-state index is 6.70. The van der Waals surface area contributed by atoms with E-state index in [9.17, 15) is 0 Å². The van der Waals surface area contributed by atoms with Crippen LogP contribution in [0.3, 0.4) is 0 Å². The molecule has 0 radical (unpaired) electrons. The van der Waals surface area contributed by atoms with Crippen LogP contribution in [0.15, 0.2) is 36.4 Å². The number of methoxy groups -OCH3 is 2. The monoisotopic (exact) mass is 290 g/mol. The molecule has 1 unspecified atom stereocenters. The van der Waals surface area contributed by atoms with Crippen LogP contribution in [0.1, 0.15) is 27.6 Å². The second-order valence-electron chi connectivity index (χ2n) is 4.78. The molecule has 3 heteroatoms. The molecular weight excluding hydrogens is 272 g/mol. The summed E-state index contributed by atoms with van der Waals surface area (Å²) >= 11 is 6.70. The molecule has 0 fully saturated rings. The zero-order valence-corrected chi connectivity index (χ0v) is 13.0. The summed E-state index contributed by atoms with van der Waals surface area (Å²) in [7, 11) is 3.28. The number of halogens is 1. The Bertz CT molecular complexity index is 588. The van der Waals surface area contributed by atoms with E-state index in [0.29, 0.717) is 0 Å². The summed E-state index contributed by atoms with van der Waals surface area (Å²) in [6.07, 6.45) is 0. The summed E-state index contributed by atoms with van der Waals surface area (Å²) in [5.74, 6) is 1.50. The lowest BCUT2D eigenvalue weighted by Crippen LogP contribution is -2.02. The van der Waals surface area contributed by atoms with Gasteiger partial charge >= 0.3 is 0 Å². The minimum absolute atomic E-state index is 0.239. The molecule has 0 heterocycles. The van der Waals surface area contributed by atoms with Crippen LogP contribution in [-0.2, 0) is 0 Å². The van der Waals surface area contributed by atoms with E-state index in [0.717, 1.165) is 22.6 Å². The van der Waals surface area contributed by atoms with Crippen molar-refractivity contribution >= 4 is 11.6 Å². The van der Waals surface area contributed by atoms with Crippen LogP contribution in [0.4, 0.5) is 0 Å². The maximum absolute atomic E-state index is 6.70. The summed E-state index contributed by atoms with van der Waals surface area (Å²) < 4.78 is 10.7. The van der Waals surface area contributed by atoms with Crippen LogP contribution in [0.2, 0.25) is 0 Å². The molecule has 20 heavy (non-hydrogen) atoms. The normalized spacial score (nSPS) is 12.1. The number of alkyl halides is 1. The van der Waals surface area contributed by atoms with Crippen LogP contribution >= 0.6 is 11.6 Å². The zero-order chi connectivity index (χ0) is 14.7. The van der Waals surface area contributed by atoms with E-state index in [1.165, 1.54) is 11.1 Å². The van der Waals surface area contributed by atoms with E-state index in [4.69, 9.17) is 21.1 Å². The highest BCUT2D eigenvalue weighted by Gasteiger charge is 2.19. The summed E-state index contributed by atoms with van der Waals surface area (Å²) in [6, 6.07) is 11.9. The fourth-order valence-electron chi connectivity index (χ4n) is 2.41.